The Morgan fingerprint density at radius 1 is 1.40 bits per heavy atom. The summed E-state index contributed by atoms with van der Waals surface area (Å²) >= 11 is 0. The second-order valence-corrected chi connectivity index (χ2v) is 3.49. The monoisotopic (exact) mass is 211 g/mol. The van der Waals surface area contributed by atoms with Gasteiger partial charge >= 0.3 is 5.97 Å². The summed E-state index contributed by atoms with van der Waals surface area (Å²) in [6.45, 7) is 2.52. The molecule has 0 unspecified atom stereocenters. The molecular weight excluding hydrogens is 194 g/mol. The standard InChI is InChI=1S/C11H17NO3/c1-2-15-10(13)7-8-12-11(14)9-5-3-4-6-9/h3-4,9H,2,5-8H2,1H3,(H,12,14). The molecule has 1 aliphatic rings. The lowest BCUT2D eigenvalue weighted by molar-refractivity contribution is -0.143. The van der Waals surface area contributed by atoms with Crippen LogP contribution in [-0.4, -0.2) is 25.0 Å². The molecular formula is C11H17NO3. The highest BCUT2D eigenvalue weighted by atomic mass is 16.5. The summed E-state index contributed by atoms with van der Waals surface area (Å²) in [5.41, 5.74) is 0. The average Bonchev–Trinajstić information content (AvgIpc) is 2.70. The van der Waals surface area contributed by atoms with Crippen molar-refractivity contribution >= 4 is 11.9 Å². The fourth-order valence-corrected chi connectivity index (χ4v) is 1.50. The molecule has 0 heterocycles. The van der Waals surface area contributed by atoms with Gasteiger partial charge in [0.2, 0.25) is 5.91 Å². The summed E-state index contributed by atoms with van der Waals surface area (Å²) in [7, 11) is 0. The maximum absolute atomic E-state index is 11.5. The molecule has 0 atom stereocenters. The molecule has 1 N–H and O–H groups in total. The molecule has 0 saturated carbocycles. The fraction of sp³-hybridized carbons (Fsp3) is 0.636. The summed E-state index contributed by atoms with van der Waals surface area (Å²) < 4.78 is 4.75. The zero-order valence-electron chi connectivity index (χ0n) is 8.99. The number of hydrogen-bond acceptors (Lipinski definition) is 3. The summed E-state index contributed by atoms with van der Waals surface area (Å²) in [5.74, 6) is -0.168. The van der Waals surface area contributed by atoms with E-state index in [9.17, 15) is 9.59 Å². The van der Waals surface area contributed by atoms with Gasteiger partial charge in [0.15, 0.2) is 0 Å². The first-order chi connectivity index (χ1) is 7.24. The summed E-state index contributed by atoms with van der Waals surface area (Å²) in [4.78, 5) is 22.4. The Hall–Kier alpha value is -1.32. The lowest BCUT2D eigenvalue weighted by atomic mass is 10.1. The van der Waals surface area contributed by atoms with Crippen LogP contribution in [0.5, 0.6) is 0 Å². The molecule has 1 aliphatic carbocycles. The summed E-state index contributed by atoms with van der Waals surface area (Å²) in [5, 5.41) is 2.73. The zero-order chi connectivity index (χ0) is 11.1. The molecule has 0 saturated heterocycles. The first kappa shape index (κ1) is 11.8. The van der Waals surface area contributed by atoms with Crippen LogP contribution in [0.3, 0.4) is 0 Å². The van der Waals surface area contributed by atoms with Crippen LogP contribution in [0, 0.1) is 5.92 Å². The van der Waals surface area contributed by atoms with Crippen LogP contribution in [0.25, 0.3) is 0 Å². The third kappa shape index (κ3) is 4.14. The van der Waals surface area contributed by atoms with Crippen LogP contribution < -0.4 is 5.32 Å². The van der Waals surface area contributed by atoms with Gasteiger partial charge in [-0.2, -0.15) is 0 Å². The van der Waals surface area contributed by atoms with Gasteiger partial charge in [0.1, 0.15) is 0 Å². The number of ether oxygens (including phenoxy) is 1. The van der Waals surface area contributed by atoms with Crippen LogP contribution in [0.2, 0.25) is 0 Å². The maximum Gasteiger partial charge on any atom is 0.307 e. The average molecular weight is 211 g/mol. The molecule has 0 aliphatic heterocycles. The van der Waals surface area contributed by atoms with Gasteiger partial charge in [-0.05, 0) is 19.8 Å². The van der Waals surface area contributed by atoms with E-state index >= 15 is 0 Å². The van der Waals surface area contributed by atoms with Crippen molar-refractivity contribution in [1.29, 1.82) is 0 Å². The van der Waals surface area contributed by atoms with E-state index in [1.807, 2.05) is 12.2 Å². The molecule has 0 aromatic carbocycles. The van der Waals surface area contributed by atoms with E-state index in [-0.39, 0.29) is 24.2 Å². The Bertz CT molecular complexity index is 253. The van der Waals surface area contributed by atoms with Crippen LogP contribution >= 0.6 is 0 Å². The number of amides is 1. The summed E-state index contributed by atoms with van der Waals surface area (Å²) in [6.07, 6.45) is 5.89. The molecule has 4 nitrogen and oxygen atoms in total. The van der Waals surface area contributed by atoms with Gasteiger partial charge in [-0.15, -0.1) is 0 Å². The molecule has 1 amide bonds. The molecule has 0 spiro atoms. The van der Waals surface area contributed by atoms with Gasteiger partial charge in [0, 0.05) is 12.5 Å². The Labute approximate surface area is 89.7 Å². The maximum atomic E-state index is 11.5. The van der Waals surface area contributed by atoms with Gasteiger partial charge in [0.25, 0.3) is 0 Å². The second kappa shape index (κ2) is 6.22. The second-order valence-electron chi connectivity index (χ2n) is 3.49. The number of hydrogen-bond donors (Lipinski definition) is 1. The number of carbonyl (C=O) groups is 2. The van der Waals surface area contributed by atoms with Crippen molar-refractivity contribution < 1.29 is 14.3 Å². The quantitative estimate of drug-likeness (QED) is 0.545. The van der Waals surface area contributed by atoms with E-state index < -0.39 is 0 Å². The zero-order valence-corrected chi connectivity index (χ0v) is 8.99. The van der Waals surface area contributed by atoms with Crippen molar-refractivity contribution in [2.75, 3.05) is 13.2 Å². The molecule has 84 valence electrons. The van der Waals surface area contributed by atoms with Gasteiger partial charge in [0.05, 0.1) is 13.0 Å². The molecule has 0 bridgehead atoms. The molecule has 4 heteroatoms. The van der Waals surface area contributed by atoms with Crippen LogP contribution in [-0.2, 0) is 14.3 Å². The van der Waals surface area contributed by atoms with Crippen LogP contribution in [0.15, 0.2) is 12.2 Å². The third-order valence-electron chi connectivity index (χ3n) is 2.31. The van der Waals surface area contributed by atoms with E-state index in [1.54, 1.807) is 6.92 Å². The van der Waals surface area contributed by atoms with E-state index in [1.165, 1.54) is 0 Å². The lowest BCUT2D eigenvalue weighted by Crippen LogP contribution is -2.31. The molecule has 0 fully saturated rings. The first-order valence-corrected chi connectivity index (χ1v) is 5.32. The topological polar surface area (TPSA) is 55.4 Å². The number of allylic oxidation sites excluding steroid dienone is 2. The molecule has 0 aromatic heterocycles. The van der Waals surface area contributed by atoms with Gasteiger partial charge < -0.3 is 10.1 Å². The molecule has 0 radical (unpaired) electrons. The minimum absolute atomic E-state index is 0.0318. The predicted octanol–water partition coefficient (Wildman–Crippen LogP) is 1.02. The minimum atomic E-state index is -0.262. The third-order valence-corrected chi connectivity index (χ3v) is 2.31. The van der Waals surface area contributed by atoms with E-state index in [4.69, 9.17) is 4.74 Å². The Balaban J connectivity index is 2.09. The van der Waals surface area contributed by atoms with E-state index in [0.717, 1.165) is 12.8 Å². The van der Waals surface area contributed by atoms with E-state index in [2.05, 4.69) is 5.32 Å². The van der Waals surface area contributed by atoms with Crippen LogP contribution in [0.4, 0.5) is 0 Å². The highest BCUT2D eigenvalue weighted by Gasteiger charge is 2.18. The van der Waals surface area contributed by atoms with E-state index in [0.29, 0.717) is 13.2 Å². The SMILES string of the molecule is CCOC(=O)CCNC(=O)C1CC=CC1. The summed E-state index contributed by atoms with van der Waals surface area (Å²) in [6, 6.07) is 0. The predicted molar refractivity (Wildman–Crippen MR) is 56.1 cm³/mol. The van der Waals surface area contributed by atoms with Gasteiger partial charge in [-0.25, -0.2) is 0 Å². The number of carbonyl (C=O) groups excluding carboxylic acids is 2. The highest BCUT2D eigenvalue weighted by molar-refractivity contribution is 5.80. The largest absolute Gasteiger partial charge is 0.466 e. The van der Waals surface area contributed by atoms with Crippen molar-refractivity contribution in [2.24, 2.45) is 5.92 Å². The van der Waals surface area contributed by atoms with Gasteiger partial charge in [-0.1, -0.05) is 12.2 Å². The van der Waals surface area contributed by atoms with Crippen molar-refractivity contribution in [3.05, 3.63) is 12.2 Å². The number of nitrogens with one attached hydrogen (secondary N) is 1. The van der Waals surface area contributed by atoms with Crippen LogP contribution in [0.1, 0.15) is 26.2 Å². The minimum Gasteiger partial charge on any atom is -0.466 e. The number of esters is 1. The number of rotatable bonds is 5. The highest BCUT2D eigenvalue weighted by Crippen LogP contribution is 2.17. The fourth-order valence-electron chi connectivity index (χ4n) is 1.50. The Morgan fingerprint density at radius 3 is 2.67 bits per heavy atom. The Kier molecular flexibility index (Phi) is 4.87. The molecule has 0 aromatic rings. The van der Waals surface area contributed by atoms with Crippen molar-refractivity contribution in [3.8, 4) is 0 Å². The Morgan fingerprint density at radius 2 is 2.07 bits per heavy atom. The first-order valence-electron chi connectivity index (χ1n) is 5.32. The molecule has 1 rings (SSSR count). The van der Waals surface area contributed by atoms with Crippen molar-refractivity contribution in [1.82, 2.24) is 5.32 Å². The molecule has 15 heavy (non-hydrogen) atoms. The van der Waals surface area contributed by atoms with Gasteiger partial charge in [-0.3, -0.25) is 9.59 Å². The smallest absolute Gasteiger partial charge is 0.307 e. The lowest BCUT2D eigenvalue weighted by Gasteiger charge is -2.09. The van der Waals surface area contributed by atoms with Crippen molar-refractivity contribution in [2.45, 2.75) is 26.2 Å². The normalized spacial score (nSPS) is 15.3. The van der Waals surface area contributed by atoms with Crippen molar-refractivity contribution in [3.63, 3.8) is 0 Å².